The van der Waals surface area contributed by atoms with Crippen molar-refractivity contribution in [2.45, 2.75) is 6.54 Å². The number of rotatable bonds is 4. The summed E-state index contributed by atoms with van der Waals surface area (Å²) in [6, 6.07) is 15.7. The zero-order valence-electron chi connectivity index (χ0n) is 10.3. The highest BCUT2D eigenvalue weighted by Gasteiger charge is 1.98. The van der Waals surface area contributed by atoms with Crippen LogP contribution in [0.5, 0.6) is 0 Å². The fourth-order valence-electron chi connectivity index (χ4n) is 1.63. The van der Waals surface area contributed by atoms with Crippen molar-refractivity contribution in [3.8, 4) is 0 Å². The lowest BCUT2D eigenvalue weighted by molar-refractivity contribution is -0.116. The molecule has 2 aromatic carbocycles. The van der Waals surface area contributed by atoms with E-state index in [0.29, 0.717) is 6.54 Å². The molecule has 2 nitrogen and oxygen atoms in total. The van der Waals surface area contributed by atoms with E-state index in [1.807, 2.05) is 30.3 Å². The molecule has 0 heterocycles. The van der Waals surface area contributed by atoms with Crippen molar-refractivity contribution in [3.05, 3.63) is 77.6 Å². The molecule has 0 aliphatic heterocycles. The van der Waals surface area contributed by atoms with Crippen molar-refractivity contribution < 1.29 is 9.18 Å². The van der Waals surface area contributed by atoms with Crippen LogP contribution in [-0.2, 0) is 11.3 Å². The van der Waals surface area contributed by atoms with Crippen molar-refractivity contribution in [1.82, 2.24) is 5.32 Å². The molecule has 19 heavy (non-hydrogen) atoms. The molecule has 0 aromatic heterocycles. The summed E-state index contributed by atoms with van der Waals surface area (Å²) in [7, 11) is 0. The first-order chi connectivity index (χ1) is 9.24. The van der Waals surface area contributed by atoms with Crippen LogP contribution < -0.4 is 5.32 Å². The normalized spacial score (nSPS) is 10.6. The number of carbonyl (C=O) groups is 1. The molecule has 2 aromatic rings. The van der Waals surface area contributed by atoms with E-state index in [-0.39, 0.29) is 11.7 Å². The maximum Gasteiger partial charge on any atom is 0.244 e. The van der Waals surface area contributed by atoms with Gasteiger partial charge in [0.2, 0.25) is 5.91 Å². The molecule has 0 aliphatic carbocycles. The van der Waals surface area contributed by atoms with Crippen LogP contribution in [-0.4, -0.2) is 5.91 Å². The monoisotopic (exact) mass is 255 g/mol. The van der Waals surface area contributed by atoms with Gasteiger partial charge in [-0.25, -0.2) is 4.39 Å². The van der Waals surface area contributed by atoms with Gasteiger partial charge >= 0.3 is 0 Å². The molecule has 1 N–H and O–H groups in total. The van der Waals surface area contributed by atoms with Gasteiger partial charge in [0.15, 0.2) is 0 Å². The van der Waals surface area contributed by atoms with Gasteiger partial charge in [0, 0.05) is 12.6 Å². The summed E-state index contributed by atoms with van der Waals surface area (Å²) in [4.78, 5) is 11.6. The van der Waals surface area contributed by atoms with E-state index in [1.165, 1.54) is 18.2 Å². The Morgan fingerprint density at radius 2 is 1.89 bits per heavy atom. The molecular formula is C16H14FNO. The molecule has 0 aliphatic rings. The van der Waals surface area contributed by atoms with E-state index in [1.54, 1.807) is 18.2 Å². The maximum atomic E-state index is 12.9. The molecule has 0 fully saturated rings. The smallest absolute Gasteiger partial charge is 0.244 e. The molecular weight excluding hydrogens is 241 g/mol. The van der Waals surface area contributed by atoms with E-state index in [4.69, 9.17) is 0 Å². The first kappa shape index (κ1) is 13.0. The minimum absolute atomic E-state index is 0.201. The number of hydrogen-bond donors (Lipinski definition) is 1. The number of nitrogens with one attached hydrogen (secondary N) is 1. The molecule has 0 saturated heterocycles. The second-order valence-corrected chi connectivity index (χ2v) is 4.09. The average molecular weight is 255 g/mol. The number of amides is 1. The second kappa shape index (κ2) is 6.50. The van der Waals surface area contributed by atoms with Gasteiger partial charge < -0.3 is 5.32 Å². The zero-order chi connectivity index (χ0) is 13.5. The summed E-state index contributed by atoms with van der Waals surface area (Å²) < 4.78 is 12.9. The molecule has 0 saturated carbocycles. The summed E-state index contributed by atoms with van der Waals surface area (Å²) in [5.41, 5.74) is 1.70. The predicted octanol–water partition coefficient (Wildman–Crippen LogP) is 3.16. The van der Waals surface area contributed by atoms with Crippen LogP contribution in [0.1, 0.15) is 11.1 Å². The minimum Gasteiger partial charge on any atom is -0.348 e. The fraction of sp³-hybridized carbons (Fsp3) is 0.0625. The molecule has 1 amide bonds. The Bertz CT molecular complexity index is 578. The van der Waals surface area contributed by atoms with Gasteiger partial charge in [0.05, 0.1) is 0 Å². The highest BCUT2D eigenvalue weighted by atomic mass is 19.1. The van der Waals surface area contributed by atoms with Crippen LogP contribution in [0.15, 0.2) is 60.7 Å². The number of halogens is 1. The molecule has 0 unspecified atom stereocenters. The molecule has 0 spiro atoms. The van der Waals surface area contributed by atoms with Crippen LogP contribution in [0.4, 0.5) is 4.39 Å². The first-order valence-corrected chi connectivity index (χ1v) is 5.99. The van der Waals surface area contributed by atoms with Gasteiger partial charge in [-0.2, -0.15) is 0 Å². The van der Waals surface area contributed by atoms with Gasteiger partial charge in [-0.15, -0.1) is 0 Å². The zero-order valence-corrected chi connectivity index (χ0v) is 10.3. The van der Waals surface area contributed by atoms with Crippen LogP contribution in [0, 0.1) is 5.82 Å². The van der Waals surface area contributed by atoms with Gasteiger partial charge in [-0.1, -0.05) is 42.5 Å². The minimum atomic E-state index is -0.299. The fourth-order valence-corrected chi connectivity index (χ4v) is 1.63. The lowest BCUT2D eigenvalue weighted by atomic mass is 10.2. The summed E-state index contributed by atoms with van der Waals surface area (Å²) in [6.45, 7) is 0.315. The Kier molecular flexibility index (Phi) is 4.45. The Labute approximate surface area is 111 Å². The van der Waals surface area contributed by atoms with Crippen LogP contribution >= 0.6 is 0 Å². The summed E-state index contributed by atoms with van der Waals surface area (Å²) in [6.07, 6.45) is 3.20. The van der Waals surface area contributed by atoms with Gasteiger partial charge in [-0.05, 0) is 29.3 Å². The predicted molar refractivity (Wildman–Crippen MR) is 73.7 cm³/mol. The van der Waals surface area contributed by atoms with Gasteiger partial charge in [-0.3, -0.25) is 4.79 Å². The molecule has 0 radical (unpaired) electrons. The summed E-state index contributed by atoms with van der Waals surface area (Å²) in [5.74, 6) is -0.500. The van der Waals surface area contributed by atoms with Crippen molar-refractivity contribution >= 4 is 12.0 Å². The Morgan fingerprint density at radius 1 is 1.11 bits per heavy atom. The highest BCUT2D eigenvalue weighted by Crippen LogP contribution is 2.03. The SMILES string of the molecule is O=C(/C=C/c1ccccc1)NCc1cccc(F)c1. The van der Waals surface area contributed by atoms with Crippen molar-refractivity contribution in [1.29, 1.82) is 0 Å². The van der Waals surface area contributed by atoms with Crippen molar-refractivity contribution in [3.63, 3.8) is 0 Å². The van der Waals surface area contributed by atoms with Crippen LogP contribution in [0.25, 0.3) is 6.08 Å². The third-order valence-corrected chi connectivity index (χ3v) is 2.58. The lowest BCUT2D eigenvalue weighted by Gasteiger charge is -2.02. The molecule has 96 valence electrons. The van der Waals surface area contributed by atoms with Crippen molar-refractivity contribution in [2.24, 2.45) is 0 Å². The van der Waals surface area contributed by atoms with E-state index in [0.717, 1.165) is 11.1 Å². The van der Waals surface area contributed by atoms with E-state index in [9.17, 15) is 9.18 Å². The molecule has 2 rings (SSSR count). The summed E-state index contributed by atoms with van der Waals surface area (Å²) >= 11 is 0. The quantitative estimate of drug-likeness (QED) is 0.835. The van der Waals surface area contributed by atoms with Crippen LogP contribution in [0.2, 0.25) is 0 Å². The number of benzene rings is 2. The van der Waals surface area contributed by atoms with Crippen LogP contribution in [0.3, 0.4) is 0 Å². The first-order valence-electron chi connectivity index (χ1n) is 5.99. The van der Waals surface area contributed by atoms with E-state index < -0.39 is 0 Å². The lowest BCUT2D eigenvalue weighted by Crippen LogP contribution is -2.20. The molecule has 0 bridgehead atoms. The third-order valence-electron chi connectivity index (χ3n) is 2.58. The van der Waals surface area contributed by atoms with Gasteiger partial charge in [0.25, 0.3) is 0 Å². The topological polar surface area (TPSA) is 29.1 Å². The number of carbonyl (C=O) groups excluding carboxylic acids is 1. The van der Waals surface area contributed by atoms with Crippen molar-refractivity contribution in [2.75, 3.05) is 0 Å². The molecule has 3 heteroatoms. The largest absolute Gasteiger partial charge is 0.348 e. The van der Waals surface area contributed by atoms with E-state index in [2.05, 4.69) is 5.32 Å². The summed E-state index contributed by atoms with van der Waals surface area (Å²) in [5, 5.41) is 2.70. The van der Waals surface area contributed by atoms with Gasteiger partial charge in [0.1, 0.15) is 5.82 Å². The highest BCUT2D eigenvalue weighted by molar-refractivity contribution is 5.91. The molecule has 0 atom stereocenters. The second-order valence-electron chi connectivity index (χ2n) is 4.09. The average Bonchev–Trinajstić information content (AvgIpc) is 2.44. The van der Waals surface area contributed by atoms with E-state index >= 15 is 0 Å². The Hall–Kier alpha value is -2.42. The number of hydrogen-bond acceptors (Lipinski definition) is 1. The Balaban J connectivity index is 1.87. The Morgan fingerprint density at radius 3 is 2.63 bits per heavy atom. The standard InChI is InChI=1S/C16H14FNO/c17-15-8-4-7-14(11-15)12-18-16(19)10-9-13-5-2-1-3-6-13/h1-11H,12H2,(H,18,19)/b10-9+. The third kappa shape index (κ3) is 4.39. The maximum absolute atomic E-state index is 12.9.